The van der Waals surface area contributed by atoms with E-state index >= 15 is 0 Å². The van der Waals surface area contributed by atoms with E-state index in [0.29, 0.717) is 11.8 Å². The van der Waals surface area contributed by atoms with Crippen LogP contribution in [0.25, 0.3) is 0 Å². The summed E-state index contributed by atoms with van der Waals surface area (Å²) in [5, 5.41) is 11.9. The first-order valence-electron chi connectivity index (χ1n) is 9.71. The number of carbonyl (C=O) groups excluding carboxylic acids is 1. The van der Waals surface area contributed by atoms with E-state index in [1.54, 1.807) is 0 Å². The molecule has 2 aromatic rings. The highest BCUT2D eigenvalue weighted by molar-refractivity contribution is 6.03. The van der Waals surface area contributed by atoms with Crippen LogP contribution in [0.1, 0.15) is 54.7 Å². The number of carbonyl (C=O) groups is 1. The number of likely N-dealkylation sites (tertiary alicyclic amines) is 1. The van der Waals surface area contributed by atoms with Crippen LogP contribution in [0.4, 0.5) is 5.69 Å². The van der Waals surface area contributed by atoms with E-state index in [-0.39, 0.29) is 11.8 Å². The van der Waals surface area contributed by atoms with E-state index in [2.05, 4.69) is 38.1 Å². The molecule has 1 saturated heterocycles. The van der Waals surface area contributed by atoms with Crippen molar-refractivity contribution in [1.82, 2.24) is 19.7 Å². The van der Waals surface area contributed by atoms with Gasteiger partial charge in [0.05, 0.1) is 12.5 Å². The SMILES string of the molecule is Cn1c(CN2CCC(C3C(=O)Nc4ccccc43)CC2)nnc1C1CC1. The van der Waals surface area contributed by atoms with Gasteiger partial charge in [-0.25, -0.2) is 0 Å². The van der Waals surface area contributed by atoms with E-state index in [0.717, 1.165) is 49.8 Å². The lowest BCUT2D eigenvalue weighted by Gasteiger charge is -2.33. The summed E-state index contributed by atoms with van der Waals surface area (Å²) in [4.78, 5) is 14.9. The standard InChI is InChI=1S/C20H25N5O/c1-24-17(22-23-19(24)14-6-7-14)12-25-10-8-13(9-11-25)18-15-4-2-3-5-16(15)21-20(18)26/h2-5,13-14,18H,6-12H2,1H3,(H,21,26). The number of benzene rings is 1. The largest absolute Gasteiger partial charge is 0.325 e. The maximum atomic E-state index is 12.5. The summed E-state index contributed by atoms with van der Waals surface area (Å²) in [5.41, 5.74) is 2.18. The molecule has 1 saturated carbocycles. The second-order valence-electron chi connectivity index (χ2n) is 7.98. The van der Waals surface area contributed by atoms with Gasteiger partial charge in [0.15, 0.2) is 0 Å². The van der Waals surface area contributed by atoms with Crippen molar-refractivity contribution in [2.24, 2.45) is 13.0 Å². The van der Waals surface area contributed by atoms with Gasteiger partial charge < -0.3 is 9.88 Å². The number of aromatic nitrogens is 3. The molecule has 1 aromatic carbocycles. The summed E-state index contributed by atoms with van der Waals surface area (Å²) in [6.45, 7) is 2.89. The first-order chi connectivity index (χ1) is 12.7. The molecule has 0 bridgehead atoms. The first-order valence-corrected chi connectivity index (χ1v) is 9.71. The lowest BCUT2D eigenvalue weighted by Crippen LogP contribution is -2.37. The molecule has 2 fully saturated rings. The molecule has 0 radical (unpaired) electrons. The zero-order valence-corrected chi connectivity index (χ0v) is 15.2. The highest BCUT2D eigenvalue weighted by atomic mass is 16.2. The molecule has 1 atom stereocenters. The highest BCUT2D eigenvalue weighted by Crippen LogP contribution is 2.41. The van der Waals surface area contributed by atoms with Gasteiger partial charge in [0.2, 0.25) is 5.91 Å². The number of nitrogens with zero attached hydrogens (tertiary/aromatic N) is 4. The Morgan fingerprint density at radius 2 is 1.88 bits per heavy atom. The third kappa shape index (κ3) is 2.72. The maximum absolute atomic E-state index is 12.5. The number of anilines is 1. The summed E-state index contributed by atoms with van der Waals surface area (Å²) in [6, 6.07) is 8.13. The Kier molecular flexibility index (Phi) is 3.81. The summed E-state index contributed by atoms with van der Waals surface area (Å²) in [5.74, 6) is 3.46. The second kappa shape index (κ2) is 6.20. The van der Waals surface area contributed by atoms with E-state index in [1.807, 2.05) is 18.2 Å². The average Bonchev–Trinajstić information content (AvgIpc) is 3.35. The van der Waals surface area contributed by atoms with Crippen LogP contribution in [0, 0.1) is 5.92 Å². The summed E-state index contributed by atoms with van der Waals surface area (Å²) in [7, 11) is 2.09. The minimum Gasteiger partial charge on any atom is -0.325 e. The van der Waals surface area contributed by atoms with Crippen molar-refractivity contribution in [3.8, 4) is 0 Å². The fourth-order valence-electron chi connectivity index (χ4n) is 4.56. The molecule has 3 heterocycles. The topological polar surface area (TPSA) is 63.1 Å². The molecule has 5 rings (SSSR count). The van der Waals surface area contributed by atoms with Crippen LogP contribution in [0.3, 0.4) is 0 Å². The van der Waals surface area contributed by atoms with Crippen molar-refractivity contribution >= 4 is 11.6 Å². The Bertz CT molecular complexity index is 832. The van der Waals surface area contributed by atoms with Gasteiger partial charge >= 0.3 is 0 Å². The Hall–Kier alpha value is -2.21. The Balaban J connectivity index is 1.23. The molecule has 1 amide bonds. The normalized spacial score (nSPS) is 23.9. The third-order valence-electron chi connectivity index (χ3n) is 6.25. The van der Waals surface area contributed by atoms with Gasteiger partial charge in [0.1, 0.15) is 11.6 Å². The van der Waals surface area contributed by atoms with Gasteiger partial charge in [-0.3, -0.25) is 9.69 Å². The van der Waals surface area contributed by atoms with Gasteiger partial charge in [-0.2, -0.15) is 0 Å². The van der Waals surface area contributed by atoms with E-state index in [1.165, 1.54) is 18.4 Å². The van der Waals surface area contributed by atoms with Crippen LogP contribution >= 0.6 is 0 Å². The number of para-hydroxylation sites is 1. The molecule has 3 aliphatic rings. The summed E-state index contributed by atoms with van der Waals surface area (Å²) < 4.78 is 2.18. The van der Waals surface area contributed by atoms with Gasteiger partial charge in [0.25, 0.3) is 0 Å². The zero-order valence-electron chi connectivity index (χ0n) is 15.2. The molecule has 1 unspecified atom stereocenters. The van der Waals surface area contributed by atoms with Crippen molar-refractivity contribution in [2.75, 3.05) is 18.4 Å². The molecule has 6 heteroatoms. The minimum absolute atomic E-state index is 0.0182. The minimum atomic E-state index is 0.0182. The van der Waals surface area contributed by atoms with Crippen LogP contribution < -0.4 is 5.32 Å². The maximum Gasteiger partial charge on any atom is 0.232 e. The van der Waals surface area contributed by atoms with E-state index in [9.17, 15) is 4.79 Å². The lowest BCUT2D eigenvalue weighted by atomic mass is 9.81. The molecular weight excluding hydrogens is 326 g/mol. The van der Waals surface area contributed by atoms with Crippen LogP contribution in [-0.4, -0.2) is 38.7 Å². The lowest BCUT2D eigenvalue weighted by molar-refractivity contribution is -0.118. The second-order valence-corrected chi connectivity index (χ2v) is 7.98. The Morgan fingerprint density at radius 1 is 1.12 bits per heavy atom. The Morgan fingerprint density at radius 3 is 2.65 bits per heavy atom. The van der Waals surface area contributed by atoms with Crippen molar-refractivity contribution in [2.45, 2.75) is 44.1 Å². The molecule has 1 aromatic heterocycles. The fourth-order valence-corrected chi connectivity index (χ4v) is 4.56. The number of nitrogens with one attached hydrogen (secondary N) is 1. The molecule has 1 aliphatic carbocycles. The quantitative estimate of drug-likeness (QED) is 0.920. The van der Waals surface area contributed by atoms with Crippen molar-refractivity contribution in [1.29, 1.82) is 0 Å². The molecule has 1 N–H and O–H groups in total. The van der Waals surface area contributed by atoms with E-state index < -0.39 is 0 Å². The summed E-state index contributed by atoms with van der Waals surface area (Å²) in [6.07, 6.45) is 4.62. The van der Waals surface area contributed by atoms with E-state index in [4.69, 9.17) is 0 Å². The van der Waals surface area contributed by atoms with Crippen LogP contribution in [0.2, 0.25) is 0 Å². The zero-order chi connectivity index (χ0) is 17.7. The first kappa shape index (κ1) is 16.0. The number of piperidine rings is 1. The summed E-state index contributed by atoms with van der Waals surface area (Å²) >= 11 is 0. The monoisotopic (exact) mass is 351 g/mol. The Labute approximate surface area is 153 Å². The smallest absolute Gasteiger partial charge is 0.232 e. The molecule has 0 spiro atoms. The predicted octanol–water partition coefficient (Wildman–Crippen LogP) is 2.64. The molecule has 136 valence electrons. The number of rotatable bonds is 4. The molecule has 6 nitrogen and oxygen atoms in total. The number of hydrogen-bond donors (Lipinski definition) is 1. The van der Waals surface area contributed by atoms with Gasteiger partial charge in [-0.05, 0) is 56.3 Å². The fraction of sp³-hybridized carbons (Fsp3) is 0.550. The number of amides is 1. The average molecular weight is 351 g/mol. The number of fused-ring (bicyclic) bond motifs is 1. The van der Waals surface area contributed by atoms with Crippen LogP contribution in [0.15, 0.2) is 24.3 Å². The highest BCUT2D eigenvalue weighted by Gasteiger charge is 2.38. The van der Waals surface area contributed by atoms with Crippen molar-refractivity contribution in [3.63, 3.8) is 0 Å². The van der Waals surface area contributed by atoms with Gasteiger partial charge in [-0.1, -0.05) is 18.2 Å². The third-order valence-corrected chi connectivity index (χ3v) is 6.25. The van der Waals surface area contributed by atoms with Crippen LogP contribution in [0.5, 0.6) is 0 Å². The van der Waals surface area contributed by atoms with Crippen molar-refractivity contribution in [3.05, 3.63) is 41.5 Å². The van der Waals surface area contributed by atoms with Crippen LogP contribution in [-0.2, 0) is 18.4 Å². The molecule has 26 heavy (non-hydrogen) atoms. The predicted molar refractivity (Wildman–Crippen MR) is 98.8 cm³/mol. The molecular formula is C20H25N5O. The van der Waals surface area contributed by atoms with Gasteiger partial charge in [0, 0.05) is 18.7 Å². The van der Waals surface area contributed by atoms with Crippen molar-refractivity contribution < 1.29 is 4.79 Å². The molecule has 2 aliphatic heterocycles. The number of hydrogen-bond acceptors (Lipinski definition) is 4. The van der Waals surface area contributed by atoms with Gasteiger partial charge in [-0.15, -0.1) is 10.2 Å².